The zero-order valence-corrected chi connectivity index (χ0v) is 14.1. The second-order valence-electron chi connectivity index (χ2n) is 5.70. The number of urea groups is 1. The minimum absolute atomic E-state index is 0.401. The molecule has 0 bridgehead atoms. The Balaban J connectivity index is 1.82. The first-order valence-electron chi connectivity index (χ1n) is 7.85. The third kappa shape index (κ3) is 3.98. The number of hydrogen-bond donors (Lipinski definition) is 2. The van der Waals surface area contributed by atoms with Crippen molar-refractivity contribution < 1.29 is 14.3 Å². The molecule has 0 unspecified atom stereocenters. The van der Waals surface area contributed by atoms with E-state index in [1.807, 2.05) is 48.7 Å². The molecule has 0 atom stereocenters. The Morgan fingerprint density at radius 3 is 2.52 bits per heavy atom. The monoisotopic (exact) mass is 337 g/mol. The van der Waals surface area contributed by atoms with Crippen LogP contribution in [0.3, 0.4) is 0 Å². The van der Waals surface area contributed by atoms with Crippen LogP contribution in [-0.4, -0.2) is 23.6 Å². The maximum absolute atomic E-state index is 11.7. The highest BCUT2D eigenvalue weighted by atomic mass is 16.5. The number of carbonyl (C=O) groups is 2. The Hall–Kier alpha value is -3.28. The van der Waals surface area contributed by atoms with Crippen molar-refractivity contribution in [2.45, 2.75) is 13.5 Å². The molecule has 128 valence electrons. The van der Waals surface area contributed by atoms with Gasteiger partial charge in [0.1, 0.15) is 5.75 Å². The summed E-state index contributed by atoms with van der Waals surface area (Å²) in [5.41, 5.74) is 2.77. The Morgan fingerprint density at radius 1 is 1.08 bits per heavy atom. The molecule has 3 aromatic rings. The molecular formula is C19H19N3O3. The number of nitrogens with one attached hydrogen (secondary N) is 2. The van der Waals surface area contributed by atoms with Gasteiger partial charge in [0.25, 0.3) is 0 Å². The van der Waals surface area contributed by atoms with Crippen molar-refractivity contribution in [1.82, 2.24) is 9.88 Å². The molecule has 6 heteroatoms. The quantitative estimate of drug-likeness (QED) is 0.767. The number of anilines is 1. The molecule has 0 saturated heterocycles. The third-order valence-corrected chi connectivity index (χ3v) is 3.83. The van der Waals surface area contributed by atoms with E-state index < -0.39 is 11.9 Å². The molecule has 0 aliphatic rings. The second kappa shape index (κ2) is 7.09. The predicted molar refractivity (Wildman–Crippen MR) is 96.9 cm³/mol. The maximum Gasteiger partial charge on any atom is 0.325 e. The van der Waals surface area contributed by atoms with E-state index in [1.54, 1.807) is 13.2 Å². The summed E-state index contributed by atoms with van der Waals surface area (Å²) < 4.78 is 7.28. The molecule has 0 aliphatic carbocycles. The van der Waals surface area contributed by atoms with Crippen molar-refractivity contribution in [1.29, 1.82) is 0 Å². The Kier molecular flexibility index (Phi) is 4.70. The molecule has 0 aliphatic heterocycles. The van der Waals surface area contributed by atoms with E-state index in [-0.39, 0.29) is 0 Å². The number of aromatic nitrogens is 1. The minimum Gasteiger partial charge on any atom is -0.497 e. The lowest BCUT2D eigenvalue weighted by molar-refractivity contribution is -0.117. The highest BCUT2D eigenvalue weighted by Crippen LogP contribution is 2.22. The zero-order chi connectivity index (χ0) is 17.8. The fraction of sp³-hybridized carbons (Fsp3) is 0.158. The Labute approximate surface area is 145 Å². The number of ether oxygens (including phenoxy) is 1. The number of imide groups is 1. The lowest BCUT2D eigenvalue weighted by Gasteiger charge is -2.09. The molecule has 0 fully saturated rings. The summed E-state index contributed by atoms with van der Waals surface area (Å²) in [6, 6.07) is 15.0. The van der Waals surface area contributed by atoms with E-state index in [0.717, 1.165) is 22.2 Å². The standard InChI is InChI=1S/C19H19N3O3/c1-13(23)20-19(24)21-16-6-5-15-9-10-22(18(15)11-16)12-14-3-7-17(25-2)8-4-14/h3-11H,12H2,1-2H3,(H2,20,21,23,24). The number of nitrogens with zero attached hydrogens (tertiary/aromatic N) is 1. The molecule has 3 amide bonds. The smallest absolute Gasteiger partial charge is 0.325 e. The number of carbonyl (C=O) groups excluding carboxylic acids is 2. The molecule has 6 nitrogen and oxygen atoms in total. The van der Waals surface area contributed by atoms with Gasteiger partial charge in [0, 0.05) is 25.4 Å². The number of methoxy groups -OCH3 is 1. The van der Waals surface area contributed by atoms with Crippen molar-refractivity contribution in [2.24, 2.45) is 0 Å². The van der Waals surface area contributed by atoms with Gasteiger partial charge in [-0.3, -0.25) is 10.1 Å². The summed E-state index contributed by atoms with van der Waals surface area (Å²) in [5.74, 6) is 0.422. The van der Waals surface area contributed by atoms with Crippen molar-refractivity contribution >= 4 is 28.5 Å². The van der Waals surface area contributed by atoms with Crippen LogP contribution in [0.4, 0.5) is 10.5 Å². The van der Waals surface area contributed by atoms with E-state index in [1.165, 1.54) is 6.92 Å². The molecule has 1 aromatic heterocycles. The van der Waals surface area contributed by atoms with Crippen molar-refractivity contribution in [3.05, 3.63) is 60.3 Å². The van der Waals surface area contributed by atoms with Gasteiger partial charge in [0.15, 0.2) is 0 Å². The largest absolute Gasteiger partial charge is 0.497 e. The van der Waals surface area contributed by atoms with Gasteiger partial charge in [-0.2, -0.15) is 0 Å². The predicted octanol–water partition coefficient (Wildman–Crippen LogP) is 3.37. The minimum atomic E-state index is -0.542. The summed E-state index contributed by atoms with van der Waals surface area (Å²) in [6.07, 6.45) is 2.01. The number of hydrogen-bond acceptors (Lipinski definition) is 3. The summed E-state index contributed by atoms with van der Waals surface area (Å²) >= 11 is 0. The van der Waals surface area contributed by atoms with Gasteiger partial charge in [-0.15, -0.1) is 0 Å². The van der Waals surface area contributed by atoms with Crippen molar-refractivity contribution in [3.8, 4) is 5.75 Å². The van der Waals surface area contributed by atoms with Crippen molar-refractivity contribution in [3.63, 3.8) is 0 Å². The van der Waals surface area contributed by atoms with Gasteiger partial charge in [0.05, 0.1) is 12.6 Å². The van der Waals surface area contributed by atoms with Crippen LogP contribution < -0.4 is 15.4 Å². The highest BCUT2D eigenvalue weighted by molar-refractivity contribution is 6.01. The summed E-state index contributed by atoms with van der Waals surface area (Å²) in [7, 11) is 1.64. The molecule has 3 rings (SSSR count). The van der Waals surface area contributed by atoms with Crippen LogP contribution in [0.25, 0.3) is 10.9 Å². The molecule has 0 saturated carbocycles. The van der Waals surface area contributed by atoms with Crippen LogP contribution in [0.1, 0.15) is 12.5 Å². The van der Waals surface area contributed by atoms with Crippen LogP contribution >= 0.6 is 0 Å². The van der Waals surface area contributed by atoms with Gasteiger partial charge in [0.2, 0.25) is 5.91 Å². The van der Waals surface area contributed by atoms with E-state index >= 15 is 0 Å². The van der Waals surface area contributed by atoms with Gasteiger partial charge < -0.3 is 14.6 Å². The van der Waals surface area contributed by atoms with Gasteiger partial charge in [-0.1, -0.05) is 18.2 Å². The topological polar surface area (TPSA) is 72.4 Å². The van der Waals surface area contributed by atoms with Gasteiger partial charge >= 0.3 is 6.03 Å². The average molecular weight is 337 g/mol. The van der Waals surface area contributed by atoms with Crippen LogP contribution in [0.5, 0.6) is 5.75 Å². The van der Waals surface area contributed by atoms with E-state index in [9.17, 15) is 9.59 Å². The maximum atomic E-state index is 11.7. The zero-order valence-electron chi connectivity index (χ0n) is 14.1. The first-order valence-corrected chi connectivity index (χ1v) is 7.85. The fourth-order valence-electron chi connectivity index (χ4n) is 2.65. The summed E-state index contributed by atoms with van der Waals surface area (Å²) in [4.78, 5) is 22.6. The van der Waals surface area contributed by atoms with Crippen LogP contribution in [0.2, 0.25) is 0 Å². The van der Waals surface area contributed by atoms with E-state index in [0.29, 0.717) is 12.2 Å². The van der Waals surface area contributed by atoms with Crippen LogP contribution in [-0.2, 0) is 11.3 Å². The van der Waals surface area contributed by atoms with Crippen LogP contribution in [0.15, 0.2) is 54.7 Å². The molecule has 0 spiro atoms. The number of rotatable bonds is 4. The first-order chi connectivity index (χ1) is 12.0. The normalized spacial score (nSPS) is 10.5. The third-order valence-electron chi connectivity index (χ3n) is 3.83. The van der Waals surface area contributed by atoms with Crippen molar-refractivity contribution in [2.75, 3.05) is 12.4 Å². The Bertz CT molecular complexity index is 913. The van der Waals surface area contributed by atoms with Crippen LogP contribution in [0, 0.1) is 0 Å². The van der Waals surface area contributed by atoms with Gasteiger partial charge in [-0.05, 0) is 41.3 Å². The lowest BCUT2D eigenvalue weighted by atomic mass is 10.2. The second-order valence-corrected chi connectivity index (χ2v) is 5.70. The number of fused-ring (bicyclic) bond motifs is 1. The Morgan fingerprint density at radius 2 is 1.84 bits per heavy atom. The first kappa shape index (κ1) is 16.6. The fourth-order valence-corrected chi connectivity index (χ4v) is 2.65. The summed E-state index contributed by atoms with van der Waals surface area (Å²) in [5, 5.41) is 5.93. The number of amides is 3. The molecule has 25 heavy (non-hydrogen) atoms. The van der Waals surface area contributed by atoms with Gasteiger partial charge in [-0.25, -0.2) is 4.79 Å². The highest BCUT2D eigenvalue weighted by Gasteiger charge is 2.07. The average Bonchev–Trinajstić information content (AvgIpc) is 2.97. The van der Waals surface area contributed by atoms with E-state index in [4.69, 9.17) is 4.74 Å². The number of benzene rings is 2. The molecular weight excluding hydrogens is 318 g/mol. The molecule has 1 heterocycles. The molecule has 0 radical (unpaired) electrons. The summed E-state index contributed by atoms with van der Waals surface area (Å²) in [6.45, 7) is 2.00. The lowest BCUT2D eigenvalue weighted by Crippen LogP contribution is -2.32. The SMILES string of the molecule is COc1ccc(Cn2ccc3ccc(NC(=O)NC(C)=O)cc32)cc1. The molecule has 2 N–H and O–H groups in total. The molecule has 2 aromatic carbocycles. The van der Waals surface area contributed by atoms with E-state index in [2.05, 4.69) is 15.2 Å².